The van der Waals surface area contributed by atoms with Gasteiger partial charge in [-0.05, 0) is 26.0 Å². The van der Waals surface area contributed by atoms with Gasteiger partial charge in [-0.1, -0.05) is 6.92 Å². The molecule has 0 aromatic carbocycles. The summed E-state index contributed by atoms with van der Waals surface area (Å²) in [7, 11) is 1.87. The molecule has 0 radical (unpaired) electrons. The number of hydrogen-bond donors (Lipinski definition) is 1. The van der Waals surface area contributed by atoms with Crippen molar-refractivity contribution in [1.82, 2.24) is 20.1 Å². The zero-order valence-corrected chi connectivity index (χ0v) is 11.7. The van der Waals surface area contributed by atoms with Crippen LogP contribution in [-0.4, -0.2) is 21.3 Å². The molecule has 5 nitrogen and oxygen atoms in total. The van der Waals surface area contributed by atoms with Crippen LogP contribution in [0, 0.1) is 6.92 Å². The van der Waals surface area contributed by atoms with Crippen LogP contribution in [0.25, 0.3) is 0 Å². The fourth-order valence-corrected chi connectivity index (χ4v) is 1.81. The van der Waals surface area contributed by atoms with E-state index in [-0.39, 0.29) is 0 Å². The summed E-state index contributed by atoms with van der Waals surface area (Å²) in [5.74, 6) is 1.52. The Bertz CT molecular complexity index is 536. The first-order chi connectivity index (χ1) is 9.19. The molecule has 0 bridgehead atoms. The van der Waals surface area contributed by atoms with Crippen LogP contribution in [0.3, 0.4) is 0 Å². The highest BCUT2D eigenvalue weighted by molar-refractivity contribution is 5.28. The van der Waals surface area contributed by atoms with Crippen molar-refractivity contribution in [1.29, 1.82) is 0 Å². The number of ether oxygens (including phenoxy) is 1. The molecule has 19 heavy (non-hydrogen) atoms. The van der Waals surface area contributed by atoms with E-state index in [0.717, 1.165) is 42.5 Å². The molecule has 0 saturated carbocycles. The quantitative estimate of drug-likeness (QED) is 0.810. The van der Waals surface area contributed by atoms with Crippen molar-refractivity contribution < 1.29 is 4.74 Å². The number of aromatic nitrogens is 3. The Morgan fingerprint density at radius 1 is 1.37 bits per heavy atom. The average Bonchev–Trinajstić information content (AvgIpc) is 2.69. The second-order valence-corrected chi connectivity index (χ2v) is 4.51. The van der Waals surface area contributed by atoms with Gasteiger partial charge in [0.1, 0.15) is 5.75 Å². The Morgan fingerprint density at radius 2 is 2.21 bits per heavy atom. The fraction of sp³-hybridized carbons (Fsp3) is 0.429. The summed E-state index contributed by atoms with van der Waals surface area (Å²) in [5, 5.41) is 7.58. The maximum Gasteiger partial charge on any atom is 0.217 e. The molecule has 2 heterocycles. The number of hydrogen-bond acceptors (Lipinski definition) is 4. The topological polar surface area (TPSA) is 52.0 Å². The molecular weight excluding hydrogens is 240 g/mol. The van der Waals surface area contributed by atoms with E-state index in [1.54, 1.807) is 10.9 Å². The molecule has 0 aliphatic heterocycles. The van der Waals surface area contributed by atoms with Gasteiger partial charge in [0, 0.05) is 31.9 Å². The van der Waals surface area contributed by atoms with Crippen molar-refractivity contribution in [2.45, 2.75) is 26.8 Å². The van der Waals surface area contributed by atoms with Gasteiger partial charge >= 0.3 is 0 Å². The van der Waals surface area contributed by atoms with Crippen molar-refractivity contribution in [3.63, 3.8) is 0 Å². The summed E-state index contributed by atoms with van der Waals surface area (Å²) in [4.78, 5) is 4.32. The molecular formula is C14H20N4O. The average molecular weight is 260 g/mol. The van der Waals surface area contributed by atoms with E-state index in [1.807, 2.05) is 32.2 Å². The monoisotopic (exact) mass is 260 g/mol. The van der Waals surface area contributed by atoms with Gasteiger partial charge in [0.15, 0.2) is 0 Å². The minimum atomic E-state index is 0.733. The third-order valence-electron chi connectivity index (χ3n) is 2.70. The summed E-state index contributed by atoms with van der Waals surface area (Å²) >= 11 is 0. The predicted molar refractivity (Wildman–Crippen MR) is 74.3 cm³/mol. The van der Waals surface area contributed by atoms with Gasteiger partial charge in [-0.3, -0.25) is 4.98 Å². The van der Waals surface area contributed by atoms with Gasteiger partial charge in [-0.25, -0.2) is 4.68 Å². The third kappa shape index (κ3) is 3.79. The van der Waals surface area contributed by atoms with E-state index in [9.17, 15) is 0 Å². The normalized spacial score (nSPS) is 10.7. The summed E-state index contributed by atoms with van der Waals surface area (Å²) in [6, 6.07) is 5.71. The van der Waals surface area contributed by atoms with Crippen molar-refractivity contribution in [3.05, 3.63) is 35.8 Å². The lowest BCUT2D eigenvalue weighted by molar-refractivity contribution is 0.429. The molecule has 0 fully saturated rings. The van der Waals surface area contributed by atoms with Gasteiger partial charge in [0.25, 0.3) is 0 Å². The van der Waals surface area contributed by atoms with E-state index >= 15 is 0 Å². The summed E-state index contributed by atoms with van der Waals surface area (Å²) in [6.45, 7) is 5.84. The predicted octanol–water partition coefficient (Wildman–Crippen LogP) is 2.42. The lowest BCUT2D eigenvalue weighted by Crippen LogP contribution is -2.14. The zero-order valence-electron chi connectivity index (χ0n) is 11.7. The van der Waals surface area contributed by atoms with Crippen molar-refractivity contribution >= 4 is 0 Å². The SMILES string of the molecule is CCCNCc1cc(Oc2cc(C)nn2C)ccn1. The largest absolute Gasteiger partial charge is 0.439 e. The van der Waals surface area contributed by atoms with Gasteiger partial charge in [0.2, 0.25) is 5.88 Å². The summed E-state index contributed by atoms with van der Waals surface area (Å²) in [6.07, 6.45) is 2.88. The molecule has 0 amide bonds. The molecule has 0 aliphatic rings. The highest BCUT2D eigenvalue weighted by atomic mass is 16.5. The van der Waals surface area contributed by atoms with Crippen molar-refractivity contribution in [3.8, 4) is 11.6 Å². The van der Waals surface area contributed by atoms with E-state index in [4.69, 9.17) is 4.74 Å². The molecule has 0 spiro atoms. The van der Waals surface area contributed by atoms with E-state index in [2.05, 4.69) is 22.3 Å². The Morgan fingerprint density at radius 3 is 2.89 bits per heavy atom. The molecule has 0 saturated heterocycles. The lowest BCUT2D eigenvalue weighted by atomic mass is 10.3. The maximum atomic E-state index is 5.81. The smallest absolute Gasteiger partial charge is 0.217 e. The Balaban J connectivity index is 2.04. The molecule has 0 atom stereocenters. The van der Waals surface area contributed by atoms with Crippen LogP contribution in [0.4, 0.5) is 0 Å². The van der Waals surface area contributed by atoms with E-state index in [1.165, 1.54) is 0 Å². The molecule has 5 heteroatoms. The fourth-order valence-electron chi connectivity index (χ4n) is 1.81. The van der Waals surface area contributed by atoms with Crippen LogP contribution in [0.1, 0.15) is 24.7 Å². The van der Waals surface area contributed by atoms with Crippen molar-refractivity contribution in [2.75, 3.05) is 6.54 Å². The maximum absolute atomic E-state index is 5.81. The van der Waals surface area contributed by atoms with Crippen LogP contribution in [0.5, 0.6) is 11.6 Å². The summed E-state index contributed by atoms with van der Waals surface area (Å²) < 4.78 is 7.54. The minimum absolute atomic E-state index is 0.733. The second kappa shape index (κ2) is 6.33. The Hall–Kier alpha value is -1.88. The Kier molecular flexibility index (Phi) is 4.52. The first-order valence-electron chi connectivity index (χ1n) is 6.53. The highest BCUT2D eigenvalue weighted by Gasteiger charge is 2.05. The molecule has 1 N–H and O–H groups in total. The molecule has 2 aromatic heterocycles. The standard InChI is InChI=1S/C14H20N4O/c1-4-6-15-10-12-9-13(5-7-16-12)19-14-8-11(2)17-18(14)3/h5,7-9,15H,4,6,10H2,1-3H3. The lowest BCUT2D eigenvalue weighted by Gasteiger charge is -2.07. The first kappa shape index (κ1) is 13.5. The van der Waals surface area contributed by atoms with Crippen molar-refractivity contribution in [2.24, 2.45) is 7.05 Å². The van der Waals surface area contributed by atoms with Crippen LogP contribution in [0.15, 0.2) is 24.4 Å². The molecule has 2 rings (SSSR count). The first-order valence-corrected chi connectivity index (χ1v) is 6.53. The molecule has 0 aliphatic carbocycles. The van der Waals surface area contributed by atoms with E-state index in [0.29, 0.717) is 0 Å². The number of nitrogens with one attached hydrogen (secondary N) is 1. The number of nitrogens with zero attached hydrogens (tertiary/aromatic N) is 3. The van der Waals surface area contributed by atoms with Gasteiger partial charge in [-0.2, -0.15) is 5.10 Å². The molecule has 0 unspecified atom stereocenters. The van der Waals surface area contributed by atoms with Crippen LogP contribution in [-0.2, 0) is 13.6 Å². The minimum Gasteiger partial charge on any atom is -0.439 e. The molecule has 102 valence electrons. The Labute approximate surface area is 113 Å². The van der Waals surface area contributed by atoms with Gasteiger partial charge in [-0.15, -0.1) is 0 Å². The van der Waals surface area contributed by atoms with Crippen LogP contribution >= 0.6 is 0 Å². The number of aryl methyl sites for hydroxylation is 2. The summed E-state index contributed by atoms with van der Waals surface area (Å²) in [5.41, 5.74) is 1.92. The third-order valence-corrected chi connectivity index (χ3v) is 2.70. The second-order valence-electron chi connectivity index (χ2n) is 4.51. The van der Waals surface area contributed by atoms with Gasteiger partial charge < -0.3 is 10.1 Å². The zero-order chi connectivity index (χ0) is 13.7. The molecule has 2 aromatic rings. The highest BCUT2D eigenvalue weighted by Crippen LogP contribution is 2.21. The van der Waals surface area contributed by atoms with Crippen LogP contribution in [0.2, 0.25) is 0 Å². The number of rotatable bonds is 6. The van der Waals surface area contributed by atoms with E-state index < -0.39 is 0 Å². The number of pyridine rings is 1. The van der Waals surface area contributed by atoms with Gasteiger partial charge in [0.05, 0.1) is 11.4 Å². The van der Waals surface area contributed by atoms with Crippen LogP contribution < -0.4 is 10.1 Å².